The summed E-state index contributed by atoms with van der Waals surface area (Å²) in [6.07, 6.45) is 3.62. The fourth-order valence-electron chi connectivity index (χ4n) is 2.22. The van der Waals surface area contributed by atoms with E-state index in [0.717, 1.165) is 25.4 Å². The lowest BCUT2D eigenvalue weighted by molar-refractivity contribution is 0.179. The summed E-state index contributed by atoms with van der Waals surface area (Å²) in [4.78, 5) is 13.4. The van der Waals surface area contributed by atoms with Gasteiger partial charge in [0.15, 0.2) is 0 Å². The van der Waals surface area contributed by atoms with Gasteiger partial charge in [0.2, 0.25) is 0 Å². The molecule has 0 aliphatic carbocycles. The largest absolute Gasteiger partial charge is 0.326 e. The quantitative estimate of drug-likeness (QED) is 0.541. The molecule has 2 amide bonds. The van der Waals surface area contributed by atoms with Crippen LogP contribution >= 0.6 is 22.9 Å². The van der Waals surface area contributed by atoms with Gasteiger partial charge in [-0.25, -0.2) is 4.79 Å². The van der Waals surface area contributed by atoms with Crippen molar-refractivity contribution in [2.45, 2.75) is 33.1 Å². The minimum absolute atomic E-state index is 0.0620. The molecule has 1 fully saturated rings. The first-order valence-corrected chi connectivity index (χ1v) is 6.37. The molecule has 0 aromatic rings. The van der Waals surface area contributed by atoms with Crippen molar-refractivity contribution in [2.75, 3.05) is 13.1 Å². The Morgan fingerprint density at radius 3 is 2.79 bits per heavy atom. The second-order valence-corrected chi connectivity index (χ2v) is 4.97. The van der Waals surface area contributed by atoms with Crippen molar-refractivity contribution < 1.29 is 4.79 Å². The first-order chi connectivity index (χ1) is 6.63. The van der Waals surface area contributed by atoms with Gasteiger partial charge < -0.3 is 4.90 Å². The lowest BCUT2D eigenvalue weighted by Crippen LogP contribution is -2.40. The van der Waals surface area contributed by atoms with Crippen molar-refractivity contribution in [1.29, 1.82) is 0 Å². The third-order valence-corrected chi connectivity index (χ3v) is 3.29. The standard InChI is InChI=1S/C10H19IN2O/c1-8-4-3-5-13(10(14)12-11)7-9(2)6-8/h8-9H,3-7H2,1-2H3,(H,12,14). The van der Waals surface area contributed by atoms with Gasteiger partial charge in [0, 0.05) is 13.1 Å². The van der Waals surface area contributed by atoms with Gasteiger partial charge in [-0.2, -0.15) is 0 Å². The van der Waals surface area contributed by atoms with Crippen molar-refractivity contribution in [3.8, 4) is 0 Å². The Labute approximate surface area is 100 Å². The van der Waals surface area contributed by atoms with Gasteiger partial charge in [0.1, 0.15) is 0 Å². The summed E-state index contributed by atoms with van der Waals surface area (Å²) in [5.41, 5.74) is 0. The van der Waals surface area contributed by atoms with Gasteiger partial charge in [-0.3, -0.25) is 3.53 Å². The second-order valence-electron chi connectivity index (χ2n) is 4.43. The molecule has 0 bridgehead atoms. The molecule has 0 aromatic heterocycles. The van der Waals surface area contributed by atoms with Gasteiger partial charge >= 0.3 is 6.03 Å². The van der Waals surface area contributed by atoms with Crippen molar-refractivity contribution >= 4 is 28.9 Å². The first-order valence-electron chi connectivity index (χ1n) is 5.29. The number of hydrogen-bond acceptors (Lipinski definition) is 1. The Hall–Kier alpha value is 0. The fraction of sp³-hybridized carbons (Fsp3) is 0.900. The lowest BCUT2D eigenvalue weighted by atomic mass is 9.91. The van der Waals surface area contributed by atoms with Crippen molar-refractivity contribution in [1.82, 2.24) is 8.43 Å². The van der Waals surface area contributed by atoms with Crippen LogP contribution in [-0.2, 0) is 0 Å². The van der Waals surface area contributed by atoms with Crippen LogP contribution in [0.2, 0.25) is 0 Å². The van der Waals surface area contributed by atoms with Gasteiger partial charge in [-0.05, 0) is 31.1 Å². The van der Waals surface area contributed by atoms with E-state index in [9.17, 15) is 4.79 Å². The highest BCUT2D eigenvalue weighted by atomic mass is 127. The summed E-state index contributed by atoms with van der Waals surface area (Å²) in [6, 6.07) is 0.0620. The second kappa shape index (κ2) is 5.78. The average molecular weight is 310 g/mol. The van der Waals surface area contributed by atoms with E-state index in [4.69, 9.17) is 0 Å². The van der Waals surface area contributed by atoms with Crippen LogP contribution in [0.15, 0.2) is 0 Å². The van der Waals surface area contributed by atoms with Crippen LogP contribution < -0.4 is 3.53 Å². The smallest absolute Gasteiger partial charge is 0.324 e. The zero-order valence-electron chi connectivity index (χ0n) is 8.92. The number of urea groups is 1. The van der Waals surface area contributed by atoms with E-state index in [1.54, 1.807) is 0 Å². The Morgan fingerprint density at radius 1 is 1.43 bits per heavy atom. The SMILES string of the molecule is CC1CCCN(C(=O)NI)CC(C)C1. The summed E-state index contributed by atoms with van der Waals surface area (Å²) in [5.74, 6) is 1.44. The predicted octanol–water partition coefficient (Wildman–Crippen LogP) is 2.80. The number of likely N-dealkylation sites (tertiary alicyclic amines) is 1. The Balaban J connectivity index is 2.50. The van der Waals surface area contributed by atoms with E-state index >= 15 is 0 Å². The summed E-state index contributed by atoms with van der Waals surface area (Å²) in [7, 11) is 0. The normalized spacial score (nSPS) is 29.2. The molecule has 82 valence electrons. The zero-order chi connectivity index (χ0) is 10.6. The molecule has 1 aliphatic rings. The molecule has 14 heavy (non-hydrogen) atoms. The monoisotopic (exact) mass is 310 g/mol. The maximum atomic E-state index is 11.5. The summed E-state index contributed by atoms with van der Waals surface area (Å²) < 4.78 is 2.67. The molecule has 1 aliphatic heterocycles. The van der Waals surface area contributed by atoms with Crippen molar-refractivity contribution in [3.05, 3.63) is 0 Å². The van der Waals surface area contributed by atoms with Crippen LogP contribution in [0.4, 0.5) is 4.79 Å². The molecule has 1 rings (SSSR count). The van der Waals surface area contributed by atoms with Crippen LogP contribution in [0, 0.1) is 11.8 Å². The third-order valence-electron chi connectivity index (χ3n) is 2.83. The number of nitrogens with one attached hydrogen (secondary N) is 1. The number of carbonyl (C=O) groups is 1. The van der Waals surface area contributed by atoms with Gasteiger partial charge in [-0.15, -0.1) is 0 Å². The van der Waals surface area contributed by atoms with E-state index in [-0.39, 0.29) is 6.03 Å². The van der Waals surface area contributed by atoms with Gasteiger partial charge in [0.25, 0.3) is 0 Å². The van der Waals surface area contributed by atoms with Gasteiger partial charge in [-0.1, -0.05) is 13.8 Å². The third kappa shape index (κ3) is 3.63. The molecule has 0 saturated carbocycles. The van der Waals surface area contributed by atoms with E-state index in [1.165, 1.54) is 12.8 Å². The fourth-order valence-corrected chi connectivity index (χ4v) is 2.56. The van der Waals surface area contributed by atoms with E-state index < -0.39 is 0 Å². The van der Waals surface area contributed by atoms with E-state index in [1.807, 2.05) is 27.8 Å². The highest BCUT2D eigenvalue weighted by Gasteiger charge is 2.20. The molecule has 4 heteroatoms. The number of amides is 2. The maximum absolute atomic E-state index is 11.5. The van der Waals surface area contributed by atoms with Crippen LogP contribution in [0.3, 0.4) is 0 Å². The number of halogens is 1. The molecule has 0 radical (unpaired) electrons. The highest BCUT2D eigenvalue weighted by molar-refractivity contribution is 14.1. The first kappa shape index (κ1) is 12.1. The summed E-state index contributed by atoms with van der Waals surface area (Å²) in [5, 5.41) is 0. The maximum Gasteiger partial charge on any atom is 0.326 e. The molecule has 1 heterocycles. The van der Waals surface area contributed by atoms with Crippen LogP contribution in [0.25, 0.3) is 0 Å². The molecule has 0 aromatic carbocycles. The number of rotatable bonds is 0. The number of nitrogens with zero attached hydrogens (tertiary/aromatic N) is 1. The molecule has 2 unspecified atom stereocenters. The van der Waals surface area contributed by atoms with Crippen LogP contribution in [-0.4, -0.2) is 24.0 Å². The minimum atomic E-state index is 0.0620. The van der Waals surface area contributed by atoms with Crippen molar-refractivity contribution in [3.63, 3.8) is 0 Å². The molecule has 0 spiro atoms. The topological polar surface area (TPSA) is 32.3 Å². The molecular formula is C10H19IN2O. The molecule has 1 saturated heterocycles. The number of carbonyl (C=O) groups excluding carboxylic acids is 1. The van der Waals surface area contributed by atoms with Crippen LogP contribution in [0.1, 0.15) is 33.1 Å². The van der Waals surface area contributed by atoms with Crippen LogP contribution in [0.5, 0.6) is 0 Å². The summed E-state index contributed by atoms with van der Waals surface area (Å²) >= 11 is 1.91. The molecule has 1 N–H and O–H groups in total. The average Bonchev–Trinajstić information content (AvgIpc) is 2.12. The Bertz CT molecular complexity index is 199. The van der Waals surface area contributed by atoms with E-state index in [2.05, 4.69) is 17.4 Å². The number of hydrogen-bond donors (Lipinski definition) is 1. The lowest BCUT2D eigenvalue weighted by Gasteiger charge is -2.29. The molecule has 2 atom stereocenters. The Morgan fingerprint density at radius 2 is 2.14 bits per heavy atom. The summed E-state index contributed by atoms with van der Waals surface area (Å²) in [6.45, 7) is 6.35. The predicted molar refractivity (Wildman–Crippen MR) is 66.3 cm³/mol. The van der Waals surface area contributed by atoms with Gasteiger partial charge in [0.05, 0.1) is 22.9 Å². The molecular weight excluding hydrogens is 291 g/mol. The zero-order valence-corrected chi connectivity index (χ0v) is 11.1. The van der Waals surface area contributed by atoms with E-state index in [0.29, 0.717) is 5.92 Å². The minimum Gasteiger partial charge on any atom is -0.324 e. The molecule has 3 nitrogen and oxygen atoms in total. The van der Waals surface area contributed by atoms with Crippen molar-refractivity contribution in [2.24, 2.45) is 11.8 Å². The highest BCUT2D eigenvalue weighted by Crippen LogP contribution is 2.21. The Kier molecular flexibility index (Phi) is 4.98.